The second-order valence-electron chi connectivity index (χ2n) is 7.31. The van der Waals surface area contributed by atoms with Crippen LogP contribution in [-0.2, 0) is 24.6 Å². The summed E-state index contributed by atoms with van der Waals surface area (Å²) in [4.78, 5) is -0.678. The fourth-order valence-electron chi connectivity index (χ4n) is 3.58. The van der Waals surface area contributed by atoms with Crippen molar-refractivity contribution in [1.29, 1.82) is 0 Å². The maximum atomic E-state index is 14.5. The van der Waals surface area contributed by atoms with Gasteiger partial charge in [-0.15, -0.1) is 13.2 Å². The van der Waals surface area contributed by atoms with E-state index in [0.717, 1.165) is 0 Å². The molecule has 1 N–H and O–H groups in total. The fraction of sp³-hybridized carbons (Fsp3) is 0.333. The van der Waals surface area contributed by atoms with Crippen molar-refractivity contribution in [2.75, 3.05) is 0 Å². The lowest BCUT2D eigenvalue weighted by atomic mass is 9.75. The second kappa shape index (κ2) is 8.34. The molecule has 0 amide bonds. The summed E-state index contributed by atoms with van der Waals surface area (Å²) in [6, 6.07) is 2.77. The van der Waals surface area contributed by atoms with Gasteiger partial charge in [-0.3, -0.25) is 0 Å². The smallest absolute Gasteiger partial charge is 0.406 e. The molecule has 1 fully saturated rings. The van der Waals surface area contributed by atoms with Crippen LogP contribution in [0.25, 0.3) is 0 Å². The first kappa shape index (κ1) is 26.2. The molecule has 2 aromatic carbocycles. The normalized spacial score (nSPS) is 21.7. The zero-order valence-corrected chi connectivity index (χ0v) is 18.0. The Kier molecular flexibility index (Phi) is 6.41. The van der Waals surface area contributed by atoms with Gasteiger partial charge in [-0.25, -0.2) is 30.3 Å². The number of hydrogen-bond acceptors (Lipinski definition) is 5. The van der Waals surface area contributed by atoms with Crippen LogP contribution in [0.2, 0.25) is 0 Å². The van der Waals surface area contributed by atoms with Crippen LogP contribution in [0, 0.1) is 11.6 Å². The van der Waals surface area contributed by atoms with Crippen molar-refractivity contribution in [2.45, 2.75) is 40.4 Å². The van der Waals surface area contributed by atoms with Crippen LogP contribution in [0.1, 0.15) is 18.4 Å². The number of benzene rings is 2. The first-order valence-electron chi connectivity index (χ1n) is 9.02. The summed E-state index contributed by atoms with van der Waals surface area (Å²) in [6.07, 6.45) is -6.90. The largest absolute Gasteiger partial charge is 0.573 e. The summed E-state index contributed by atoms with van der Waals surface area (Å²) in [5, 5.41) is 0. The Morgan fingerprint density at radius 3 is 1.94 bits per heavy atom. The molecule has 0 saturated heterocycles. The highest BCUT2D eigenvalue weighted by molar-refractivity contribution is 7.92. The van der Waals surface area contributed by atoms with E-state index in [9.17, 15) is 52.0 Å². The van der Waals surface area contributed by atoms with Gasteiger partial charge in [-0.1, -0.05) is 0 Å². The Hall–Kier alpha value is -2.46. The number of hydrogen-bond donors (Lipinski definition) is 1. The lowest BCUT2D eigenvalue weighted by Crippen LogP contribution is -2.58. The molecule has 0 atom stereocenters. The molecule has 0 heterocycles. The van der Waals surface area contributed by atoms with Crippen LogP contribution in [-0.4, -0.2) is 34.7 Å². The molecule has 3 rings (SSSR count). The Labute approximate surface area is 187 Å². The molecule has 0 spiro atoms. The molecule has 34 heavy (non-hydrogen) atoms. The predicted octanol–water partition coefficient (Wildman–Crippen LogP) is 4.13. The van der Waals surface area contributed by atoms with Crippen LogP contribution in [0.3, 0.4) is 0 Å². The summed E-state index contributed by atoms with van der Waals surface area (Å²) < 4.78 is 155. The van der Waals surface area contributed by atoms with Gasteiger partial charge < -0.3 is 4.74 Å². The van der Waals surface area contributed by atoms with Gasteiger partial charge in [-0.05, 0) is 55.3 Å². The molecular formula is C18H13F8NO5S2. The third kappa shape index (κ3) is 4.84. The van der Waals surface area contributed by atoms with Crippen LogP contribution in [0.15, 0.2) is 47.4 Å². The fourth-order valence-corrected chi connectivity index (χ4v) is 6.55. The molecule has 2 aromatic rings. The van der Waals surface area contributed by atoms with E-state index in [-0.39, 0.29) is 0 Å². The third-order valence-electron chi connectivity index (χ3n) is 5.08. The summed E-state index contributed by atoms with van der Waals surface area (Å²) in [5.41, 5.74) is -6.48. The number of sulfone groups is 1. The summed E-state index contributed by atoms with van der Waals surface area (Å²) in [7, 11) is -10.7. The predicted molar refractivity (Wildman–Crippen MR) is 99.5 cm³/mol. The quantitative estimate of drug-likeness (QED) is 0.558. The van der Waals surface area contributed by atoms with E-state index in [0.29, 0.717) is 42.5 Å². The Balaban J connectivity index is 2.03. The third-order valence-corrected chi connectivity index (χ3v) is 8.81. The Bertz CT molecular complexity index is 1280. The van der Waals surface area contributed by atoms with E-state index in [1.165, 1.54) is 4.72 Å². The van der Waals surface area contributed by atoms with Crippen LogP contribution < -0.4 is 9.46 Å². The van der Waals surface area contributed by atoms with Gasteiger partial charge in [0.25, 0.3) is 0 Å². The average molecular weight is 539 g/mol. The minimum atomic E-state index is -5.88. The lowest BCUT2D eigenvalue weighted by Gasteiger charge is -2.47. The molecule has 188 valence electrons. The Morgan fingerprint density at radius 2 is 1.44 bits per heavy atom. The molecule has 6 nitrogen and oxygen atoms in total. The Morgan fingerprint density at radius 1 is 0.882 bits per heavy atom. The molecule has 16 heteroatoms. The molecule has 0 unspecified atom stereocenters. The highest BCUT2D eigenvalue weighted by Gasteiger charge is 2.59. The minimum Gasteiger partial charge on any atom is -0.406 e. The SMILES string of the molecule is O=S(=O)(NC1CC(c2cc(F)ccc2F)(S(=O)(=O)c2ccc(OC(F)(F)F)cc2)C1)C(F)(F)F. The van der Waals surface area contributed by atoms with Crippen LogP contribution >= 0.6 is 0 Å². The number of rotatable bonds is 6. The van der Waals surface area contributed by atoms with E-state index < -0.39 is 83.2 Å². The second-order valence-corrected chi connectivity index (χ2v) is 11.3. The summed E-state index contributed by atoms with van der Waals surface area (Å²) in [5.74, 6) is -3.11. The molecule has 0 bridgehead atoms. The number of sulfonamides is 1. The zero-order valence-electron chi connectivity index (χ0n) is 16.4. The molecule has 1 saturated carbocycles. The highest BCUT2D eigenvalue weighted by Crippen LogP contribution is 2.52. The van der Waals surface area contributed by atoms with Crippen LogP contribution in [0.5, 0.6) is 5.75 Å². The van der Waals surface area contributed by atoms with Gasteiger partial charge in [0.1, 0.15) is 22.1 Å². The average Bonchev–Trinajstić information content (AvgIpc) is 2.64. The van der Waals surface area contributed by atoms with Crippen molar-refractivity contribution in [3.63, 3.8) is 0 Å². The maximum absolute atomic E-state index is 14.5. The molecule has 1 aliphatic carbocycles. The van der Waals surface area contributed by atoms with E-state index in [1.807, 2.05) is 0 Å². The van der Waals surface area contributed by atoms with Crippen LogP contribution in [0.4, 0.5) is 35.1 Å². The summed E-state index contributed by atoms with van der Waals surface area (Å²) >= 11 is 0. The standard InChI is InChI=1S/C18H13F8NO5S2/c19-10-1-6-15(20)14(7-10)16(8-11(9-16)27-34(30,31)18(24,25)26)33(28,29)13-4-2-12(3-5-13)32-17(21,22)23/h1-7,11,27H,8-9H2. The van der Waals surface area contributed by atoms with E-state index in [1.54, 1.807) is 0 Å². The molecule has 0 aliphatic heterocycles. The first-order valence-corrected chi connectivity index (χ1v) is 12.0. The topological polar surface area (TPSA) is 89.5 Å². The van der Waals surface area contributed by atoms with Crippen molar-refractivity contribution < 1.29 is 56.7 Å². The van der Waals surface area contributed by atoms with Crippen molar-refractivity contribution >= 4 is 19.9 Å². The maximum Gasteiger partial charge on any atom is 0.573 e. The molecule has 1 aliphatic rings. The zero-order chi connectivity index (χ0) is 25.7. The van der Waals surface area contributed by atoms with Gasteiger partial charge in [0.2, 0.25) is 0 Å². The van der Waals surface area contributed by atoms with Gasteiger partial charge >= 0.3 is 21.9 Å². The van der Waals surface area contributed by atoms with Gasteiger partial charge in [-0.2, -0.15) is 13.2 Å². The molecule has 0 radical (unpaired) electrons. The highest BCUT2D eigenvalue weighted by atomic mass is 32.2. The van der Waals surface area contributed by atoms with E-state index >= 15 is 0 Å². The van der Waals surface area contributed by atoms with E-state index in [4.69, 9.17) is 0 Å². The monoisotopic (exact) mass is 539 g/mol. The van der Waals surface area contributed by atoms with Crippen molar-refractivity contribution in [1.82, 2.24) is 4.72 Å². The number of halogens is 8. The molecule has 0 aromatic heterocycles. The number of nitrogens with one attached hydrogen (secondary N) is 1. The van der Waals surface area contributed by atoms with Crippen molar-refractivity contribution in [3.05, 3.63) is 59.7 Å². The van der Waals surface area contributed by atoms with Gasteiger partial charge in [0, 0.05) is 11.6 Å². The van der Waals surface area contributed by atoms with Crippen molar-refractivity contribution in [3.8, 4) is 5.75 Å². The van der Waals surface area contributed by atoms with Gasteiger partial charge in [0.05, 0.1) is 4.90 Å². The molecular weight excluding hydrogens is 526 g/mol. The number of ether oxygens (including phenoxy) is 1. The van der Waals surface area contributed by atoms with E-state index in [2.05, 4.69) is 4.74 Å². The lowest BCUT2D eigenvalue weighted by molar-refractivity contribution is -0.274. The summed E-state index contributed by atoms with van der Waals surface area (Å²) in [6.45, 7) is 0. The first-order chi connectivity index (χ1) is 15.4. The minimum absolute atomic E-state index is 0.502. The number of alkyl halides is 6. The van der Waals surface area contributed by atoms with Crippen molar-refractivity contribution in [2.24, 2.45) is 0 Å². The van der Waals surface area contributed by atoms with Gasteiger partial charge in [0.15, 0.2) is 9.84 Å².